The van der Waals surface area contributed by atoms with Gasteiger partial charge >= 0.3 is 0 Å². The van der Waals surface area contributed by atoms with Crippen LogP contribution in [0.25, 0.3) is 0 Å². The van der Waals surface area contributed by atoms with Crippen LogP contribution in [0.15, 0.2) is 30.6 Å². The molecule has 0 saturated carbocycles. The number of benzene rings is 1. The summed E-state index contributed by atoms with van der Waals surface area (Å²) in [4.78, 5) is 0. The second-order valence-electron chi connectivity index (χ2n) is 3.94. The Morgan fingerprint density at radius 2 is 1.94 bits per heavy atom. The number of rotatable bonds is 3. The summed E-state index contributed by atoms with van der Waals surface area (Å²) >= 11 is 11.8. The number of hydrogen-bond donors (Lipinski definition) is 1. The topological polar surface area (TPSA) is 38.0 Å². The van der Waals surface area contributed by atoms with E-state index in [0.29, 0.717) is 22.0 Å². The predicted octanol–water partition coefficient (Wildman–Crippen LogP) is 3.00. The highest BCUT2D eigenvalue weighted by Gasteiger charge is 2.11. The molecule has 1 N–H and O–H groups in total. The van der Waals surface area contributed by atoms with E-state index in [1.165, 1.54) is 0 Å². The highest BCUT2D eigenvalue weighted by molar-refractivity contribution is 6.34. The molecule has 2 rings (SSSR count). The smallest absolute Gasteiger partial charge is 0.0832 e. The number of hydrogen-bond acceptors (Lipinski definition) is 2. The number of aryl methyl sites for hydroxylation is 1. The SMILES string of the molecule is Cn1cc(CC(O)c2cc(Cl)cc(Cl)c2)cn1. The Kier molecular flexibility index (Phi) is 3.72. The quantitative estimate of drug-likeness (QED) is 0.931. The van der Waals surface area contributed by atoms with Gasteiger partial charge in [-0.1, -0.05) is 23.2 Å². The number of aromatic nitrogens is 2. The molecular formula is C12H12Cl2N2O. The summed E-state index contributed by atoms with van der Waals surface area (Å²) in [5.74, 6) is 0. The fourth-order valence-electron chi connectivity index (χ4n) is 1.69. The maximum atomic E-state index is 10.1. The summed E-state index contributed by atoms with van der Waals surface area (Å²) in [6.45, 7) is 0. The van der Waals surface area contributed by atoms with Gasteiger partial charge in [-0.3, -0.25) is 4.68 Å². The van der Waals surface area contributed by atoms with Gasteiger partial charge in [-0.2, -0.15) is 5.10 Å². The van der Waals surface area contributed by atoms with Gasteiger partial charge in [0.2, 0.25) is 0 Å². The van der Waals surface area contributed by atoms with Crippen molar-refractivity contribution in [1.29, 1.82) is 0 Å². The molecule has 0 aliphatic heterocycles. The normalized spacial score (nSPS) is 12.7. The van der Waals surface area contributed by atoms with Crippen LogP contribution in [0.4, 0.5) is 0 Å². The Morgan fingerprint density at radius 3 is 2.47 bits per heavy atom. The molecule has 0 aliphatic carbocycles. The van der Waals surface area contributed by atoms with Crippen molar-refractivity contribution in [2.45, 2.75) is 12.5 Å². The zero-order chi connectivity index (χ0) is 12.4. The molecule has 0 radical (unpaired) electrons. The number of aliphatic hydroxyl groups is 1. The van der Waals surface area contributed by atoms with Crippen LogP contribution in [-0.4, -0.2) is 14.9 Å². The van der Waals surface area contributed by atoms with Gasteiger partial charge in [0.15, 0.2) is 0 Å². The third-order valence-electron chi connectivity index (χ3n) is 2.46. The Balaban J connectivity index is 2.16. The second-order valence-corrected chi connectivity index (χ2v) is 4.82. The standard InChI is InChI=1S/C12H12Cl2N2O/c1-16-7-8(6-15-16)2-12(17)9-3-10(13)5-11(14)4-9/h3-7,12,17H,2H2,1H3. The summed E-state index contributed by atoms with van der Waals surface area (Å²) < 4.78 is 1.70. The maximum absolute atomic E-state index is 10.1. The van der Waals surface area contributed by atoms with Crippen LogP contribution in [0, 0.1) is 0 Å². The van der Waals surface area contributed by atoms with Gasteiger partial charge in [-0.15, -0.1) is 0 Å². The molecule has 1 heterocycles. The lowest BCUT2D eigenvalue weighted by Crippen LogP contribution is -2.01. The van der Waals surface area contributed by atoms with E-state index < -0.39 is 6.10 Å². The van der Waals surface area contributed by atoms with E-state index in [1.54, 1.807) is 29.1 Å². The van der Waals surface area contributed by atoms with Gasteiger partial charge < -0.3 is 5.11 Å². The Labute approximate surface area is 110 Å². The van der Waals surface area contributed by atoms with Crippen LogP contribution in [0.5, 0.6) is 0 Å². The number of halogens is 2. The van der Waals surface area contributed by atoms with Crippen LogP contribution in [0.2, 0.25) is 10.0 Å². The molecule has 0 saturated heterocycles. The van der Waals surface area contributed by atoms with Gasteiger partial charge in [0.05, 0.1) is 12.3 Å². The average Bonchev–Trinajstić information content (AvgIpc) is 2.62. The molecule has 3 nitrogen and oxygen atoms in total. The van der Waals surface area contributed by atoms with E-state index in [0.717, 1.165) is 5.56 Å². The molecule has 90 valence electrons. The summed E-state index contributed by atoms with van der Waals surface area (Å²) in [6.07, 6.45) is 3.46. The Morgan fingerprint density at radius 1 is 1.29 bits per heavy atom. The molecule has 17 heavy (non-hydrogen) atoms. The monoisotopic (exact) mass is 270 g/mol. The lowest BCUT2D eigenvalue weighted by atomic mass is 10.0. The van der Waals surface area contributed by atoms with Crippen molar-refractivity contribution in [3.8, 4) is 0 Å². The van der Waals surface area contributed by atoms with Crippen molar-refractivity contribution in [1.82, 2.24) is 9.78 Å². The van der Waals surface area contributed by atoms with Crippen molar-refractivity contribution in [3.05, 3.63) is 51.8 Å². The van der Waals surface area contributed by atoms with Crippen molar-refractivity contribution in [2.75, 3.05) is 0 Å². The molecule has 1 aromatic heterocycles. The fourth-order valence-corrected chi connectivity index (χ4v) is 2.23. The fraction of sp³-hybridized carbons (Fsp3) is 0.250. The van der Waals surface area contributed by atoms with Gasteiger partial charge in [0.25, 0.3) is 0 Å². The molecule has 1 aromatic carbocycles. The molecule has 0 bridgehead atoms. The van der Waals surface area contributed by atoms with Crippen molar-refractivity contribution in [3.63, 3.8) is 0 Å². The predicted molar refractivity (Wildman–Crippen MR) is 68.3 cm³/mol. The minimum Gasteiger partial charge on any atom is -0.388 e. The molecule has 0 amide bonds. The van der Waals surface area contributed by atoms with Crippen LogP contribution >= 0.6 is 23.2 Å². The van der Waals surface area contributed by atoms with Gasteiger partial charge in [-0.25, -0.2) is 0 Å². The molecule has 0 spiro atoms. The first-order valence-electron chi connectivity index (χ1n) is 5.16. The first-order chi connectivity index (χ1) is 8.04. The average molecular weight is 271 g/mol. The first-order valence-corrected chi connectivity index (χ1v) is 5.92. The highest BCUT2D eigenvalue weighted by Crippen LogP contribution is 2.25. The Hall–Kier alpha value is -1.03. The van der Waals surface area contributed by atoms with Crippen LogP contribution in [0.1, 0.15) is 17.2 Å². The van der Waals surface area contributed by atoms with Crippen molar-refractivity contribution < 1.29 is 5.11 Å². The summed E-state index contributed by atoms with van der Waals surface area (Å²) in [5, 5.41) is 15.2. The third kappa shape index (κ3) is 3.22. The van der Waals surface area contributed by atoms with E-state index in [9.17, 15) is 5.11 Å². The first kappa shape index (κ1) is 12.4. The molecule has 5 heteroatoms. The van der Waals surface area contributed by atoms with E-state index in [4.69, 9.17) is 23.2 Å². The lowest BCUT2D eigenvalue weighted by Gasteiger charge is -2.10. The molecule has 2 aromatic rings. The summed E-state index contributed by atoms with van der Waals surface area (Å²) in [6, 6.07) is 5.08. The molecule has 0 fully saturated rings. The van der Waals surface area contributed by atoms with Crippen molar-refractivity contribution in [2.24, 2.45) is 7.05 Å². The maximum Gasteiger partial charge on any atom is 0.0832 e. The van der Waals surface area contributed by atoms with E-state index in [1.807, 2.05) is 13.2 Å². The third-order valence-corrected chi connectivity index (χ3v) is 2.89. The van der Waals surface area contributed by atoms with Crippen LogP contribution < -0.4 is 0 Å². The molecule has 1 atom stereocenters. The number of aliphatic hydroxyl groups excluding tert-OH is 1. The van der Waals surface area contributed by atoms with Crippen LogP contribution in [-0.2, 0) is 13.5 Å². The second kappa shape index (κ2) is 5.08. The summed E-state index contributed by atoms with van der Waals surface area (Å²) in [7, 11) is 1.84. The van der Waals surface area contributed by atoms with E-state index >= 15 is 0 Å². The van der Waals surface area contributed by atoms with Gasteiger partial charge in [0.1, 0.15) is 0 Å². The van der Waals surface area contributed by atoms with Crippen molar-refractivity contribution >= 4 is 23.2 Å². The van der Waals surface area contributed by atoms with Crippen LogP contribution in [0.3, 0.4) is 0 Å². The minimum atomic E-state index is -0.629. The van der Waals surface area contributed by atoms with Gasteiger partial charge in [-0.05, 0) is 29.3 Å². The summed E-state index contributed by atoms with van der Waals surface area (Å²) in [5.41, 5.74) is 1.68. The van der Waals surface area contributed by atoms with Gasteiger partial charge in [0, 0.05) is 29.7 Å². The lowest BCUT2D eigenvalue weighted by molar-refractivity contribution is 0.178. The highest BCUT2D eigenvalue weighted by atomic mass is 35.5. The zero-order valence-electron chi connectivity index (χ0n) is 9.27. The largest absolute Gasteiger partial charge is 0.388 e. The minimum absolute atomic E-state index is 0.491. The molecule has 1 unspecified atom stereocenters. The number of nitrogens with zero attached hydrogens (tertiary/aromatic N) is 2. The molecule has 0 aliphatic rings. The zero-order valence-corrected chi connectivity index (χ0v) is 10.8. The van der Waals surface area contributed by atoms with E-state index in [2.05, 4.69) is 5.10 Å². The Bertz CT molecular complexity index is 505. The van der Waals surface area contributed by atoms with E-state index in [-0.39, 0.29) is 0 Å². The molecular weight excluding hydrogens is 259 g/mol.